The second-order valence-corrected chi connectivity index (χ2v) is 5.12. The average Bonchev–Trinajstić information content (AvgIpc) is 2.82. The Hall–Kier alpha value is -1.89. The minimum atomic E-state index is -1.03. The van der Waals surface area contributed by atoms with E-state index in [1.807, 2.05) is 13.8 Å². The number of rotatable bonds is 3. The van der Waals surface area contributed by atoms with Crippen LogP contribution in [0.2, 0.25) is 0 Å². The van der Waals surface area contributed by atoms with Crippen LogP contribution in [0.1, 0.15) is 25.2 Å². The number of carboxylic acid groups (broad SMARTS) is 1. The van der Waals surface area contributed by atoms with Crippen molar-refractivity contribution in [2.24, 2.45) is 11.7 Å². The van der Waals surface area contributed by atoms with E-state index in [2.05, 4.69) is 9.97 Å². The highest BCUT2D eigenvalue weighted by atomic mass is 16.4. The lowest BCUT2D eigenvalue weighted by molar-refractivity contribution is -0.152. The first-order valence-corrected chi connectivity index (χ1v) is 6.21. The van der Waals surface area contributed by atoms with Crippen molar-refractivity contribution < 1.29 is 14.7 Å². The van der Waals surface area contributed by atoms with Crippen molar-refractivity contribution >= 4 is 11.9 Å². The Balaban J connectivity index is 2.27. The van der Waals surface area contributed by atoms with Gasteiger partial charge in [0.25, 0.3) is 0 Å². The minimum absolute atomic E-state index is 0.0369. The van der Waals surface area contributed by atoms with Crippen LogP contribution in [0.3, 0.4) is 0 Å². The van der Waals surface area contributed by atoms with Crippen molar-refractivity contribution in [3.63, 3.8) is 0 Å². The molecule has 1 aromatic heterocycles. The molecule has 0 aromatic carbocycles. The molecule has 1 aromatic rings. The van der Waals surface area contributed by atoms with E-state index in [0.717, 1.165) is 5.69 Å². The summed E-state index contributed by atoms with van der Waals surface area (Å²) in [5.74, 6) is -1.40. The summed E-state index contributed by atoms with van der Waals surface area (Å²) < 4.78 is 0. The molecule has 0 saturated carbocycles. The zero-order valence-corrected chi connectivity index (χ0v) is 11.0. The molecule has 1 unspecified atom stereocenters. The fourth-order valence-electron chi connectivity index (χ4n) is 2.16. The molecule has 0 radical (unpaired) electrons. The van der Waals surface area contributed by atoms with Gasteiger partial charge in [0.2, 0.25) is 5.91 Å². The Bertz CT molecular complexity index is 497. The zero-order chi connectivity index (χ0) is 14.2. The Morgan fingerprint density at radius 3 is 2.84 bits per heavy atom. The molecule has 2 heterocycles. The second kappa shape index (κ2) is 5.00. The Labute approximate surface area is 110 Å². The first kappa shape index (κ1) is 13.5. The number of aliphatic carboxylic acids is 1. The standard InChI is InChI=1S/C12H18N4O3/c1-6(2)10(13)11(17)16-4-8-7(14-5-15-8)3-9(16)12(18)19/h5-6,9-10H,3-4,13H2,1-2H3,(H,14,15)(H,18,19)/t9?,10-/m1/s1. The molecule has 1 aliphatic rings. The van der Waals surface area contributed by atoms with Crippen molar-refractivity contribution in [2.45, 2.75) is 38.9 Å². The highest BCUT2D eigenvalue weighted by molar-refractivity contribution is 5.87. The summed E-state index contributed by atoms with van der Waals surface area (Å²) in [6.45, 7) is 3.89. The van der Waals surface area contributed by atoms with E-state index in [9.17, 15) is 14.7 Å². The number of nitrogens with two attached hydrogens (primary N) is 1. The molecule has 4 N–H and O–H groups in total. The lowest BCUT2D eigenvalue weighted by atomic mass is 9.98. The molecule has 0 aliphatic carbocycles. The van der Waals surface area contributed by atoms with Crippen LogP contribution in [-0.2, 0) is 22.6 Å². The van der Waals surface area contributed by atoms with Gasteiger partial charge < -0.3 is 20.7 Å². The summed E-state index contributed by atoms with van der Waals surface area (Å²) in [5, 5.41) is 9.27. The molecule has 0 bridgehead atoms. The van der Waals surface area contributed by atoms with Gasteiger partial charge in [-0.05, 0) is 5.92 Å². The number of nitrogens with zero attached hydrogens (tertiary/aromatic N) is 2. The van der Waals surface area contributed by atoms with Gasteiger partial charge in [-0.25, -0.2) is 9.78 Å². The Kier molecular flexibility index (Phi) is 3.57. The molecule has 1 aliphatic heterocycles. The van der Waals surface area contributed by atoms with Crippen molar-refractivity contribution in [1.82, 2.24) is 14.9 Å². The minimum Gasteiger partial charge on any atom is -0.480 e. The van der Waals surface area contributed by atoms with E-state index in [1.165, 1.54) is 11.2 Å². The van der Waals surface area contributed by atoms with Crippen molar-refractivity contribution in [3.8, 4) is 0 Å². The first-order valence-electron chi connectivity index (χ1n) is 6.21. The number of hydrogen-bond donors (Lipinski definition) is 3. The molecule has 0 fully saturated rings. The maximum Gasteiger partial charge on any atom is 0.326 e. The van der Waals surface area contributed by atoms with E-state index in [0.29, 0.717) is 5.69 Å². The molecular weight excluding hydrogens is 248 g/mol. The second-order valence-electron chi connectivity index (χ2n) is 5.12. The van der Waals surface area contributed by atoms with E-state index in [-0.39, 0.29) is 24.8 Å². The van der Waals surface area contributed by atoms with Crippen LogP contribution in [0.5, 0.6) is 0 Å². The highest BCUT2D eigenvalue weighted by Crippen LogP contribution is 2.22. The molecule has 0 spiro atoms. The van der Waals surface area contributed by atoms with Crippen LogP contribution in [0, 0.1) is 5.92 Å². The number of nitrogens with one attached hydrogen (secondary N) is 1. The van der Waals surface area contributed by atoms with Crippen LogP contribution in [0.25, 0.3) is 0 Å². The quantitative estimate of drug-likeness (QED) is 0.697. The predicted octanol–water partition coefficient (Wildman–Crippen LogP) is -0.269. The van der Waals surface area contributed by atoms with E-state index in [4.69, 9.17) is 5.73 Å². The molecule has 2 atom stereocenters. The SMILES string of the molecule is CC(C)[C@@H](N)C(=O)N1Cc2[nH]cnc2CC1C(=O)O. The van der Waals surface area contributed by atoms with Gasteiger partial charge in [0, 0.05) is 6.42 Å². The van der Waals surface area contributed by atoms with Crippen LogP contribution in [0.15, 0.2) is 6.33 Å². The predicted molar refractivity (Wildman–Crippen MR) is 67.1 cm³/mol. The Morgan fingerprint density at radius 2 is 2.26 bits per heavy atom. The fraction of sp³-hybridized carbons (Fsp3) is 0.583. The summed E-state index contributed by atoms with van der Waals surface area (Å²) in [5.41, 5.74) is 7.32. The number of hydrogen-bond acceptors (Lipinski definition) is 4. The van der Waals surface area contributed by atoms with Gasteiger partial charge in [-0.1, -0.05) is 13.8 Å². The van der Waals surface area contributed by atoms with Gasteiger partial charge >= 0.3 is 5.97 Å². The summed E-state index contributed by atoms with van der Waals surface area (Å²) in [7, 11) is 0. The fourth-order valence-corrected chi connectivity index (χ4v) is 2.16. The normalized spacial score (nSPS) is 20.2. The monoisotopic (exact) mass is 266 g/mol. The molecule has 104 valence electrons. The van der Waals surface area contributed by atoms with Gasteiger partial charge in [-0.15, -0.1) is 0 Å². The summed E-state index contributed by atoms with van der Waals surface area (Å²) in [6.07, 6.45) is 1.73. The third kappa shape index (κ3) is 2.46. The van der Waals surface area contributed by atoms with Crippen molar-refractivity contribution in [1.29, 1.82) is 0 Å². The smallest absolute Gasteiger partial charge is 0.326 e. The van der Waals surface area contributed by atoms with Crippen molar-refractivity contribution in [3.05, 3.63) is 17.7 Å². The van der Waals surface area contributed by atoms with Gasteiger partial charge in [0.15, 0.2) is 0 Å². The number of aromatic amines is 1. The Morgan fingerprint density at radius 1 is 1.58 bits per heavy atom. The third-order valence-electron chi connectivity index (χ3n) is 3.47. The van der Waals surface area contributed by atoms with Crippen molar-refractivity contribution in [2.75, 3.05) is 0 Å². The van der Waals surface area contributed by atoms with Crippen LogP contribution in [-0.4, -0.2) is 43.9 Å². The summed E-state index contributed by atoms with van der Waals surface area (Å²) in [6, 6.07) is -1.58. The van der Waals surface area contributed by atoms with E-state index >= 15 is 0 Å². The number of H-pyrrole nitrogens is 1. The maximum absolute atomic E-state index is 12.3. The molecule has 19 heavy (non-hydrogen) atoms. The topological polar surface area (TPSA) is 112 Å². The van der Waals surface area contributed by atoms with E-state index in [1.54, 1.807) is 0 Å². The molecule has 2 rings (SSSR count). The third-order valence-corrected chi connectivity index (χ3v) is 3.47. The molecule has 1 amide bonds. The first-order chi connectivity index (χ1) is 8.91. The van der Waals surface area contributed by atoms with Gasteiger partial charge in [0.05, 0.1) is 30.3 Å². The van der Waals surface area contributed by atoms with Gasteiger partial charge in [0.1, 0.15) is 6.04 Å². The maximum atomic E-state index is 12.3. The molecular formula is C12H18N4O3. The largest absolute Gasteiger partial charge is 0.480 e. The number of imidazole rings is 1. The van der Waals surface area contributed by atoms with Gasteiger partial charge in [-0.2, -0.15) is 0 Å². The zero-order valence-electron chi connectivity index (χ0n) is 11.0. The molecule has 7 nitrogen and oxygen atoms in total. The van der Waals surface area contributed by atoms with Gasteiger partial charge in [-0.3, -0.25) is 4.79 Å². The summed E-state index contributed by atoms with van der Waals surface area (Å²) >= 11 is 0. The van der Waals surface area contributed by atoms with Crippen LogP contribution >= 0.6 is 0 Å². The van der Waals surface area contributed by atoms with Crippen LogP contribution < -0.4 is 5.73 Å². The van der Waals surface area contributed by atoms with E-state index < -0.39 is 18.1 Å². The number of carbonyl (C=O) groups excluding carboxylic acids is 1. The van der Waals surface area contributed by atoms with Crippen LogP contribution in [0.4, 0.5) is 0 Å². The number of aromatic nitrogens is 2. The lowest BCUT2D eigenvalue weighted by Gasteiger charge is -2.34. The number of amides is 1. The summed E-state index contributed by atoms with van der Waals surface area (Å²) in [4.78, 5) is 31.9. The molecule has 7 heteroatoms. The lowest BCUT2D eigenvalue weighted by Crippen LogP contribution is -2.55. The number of fused-ring (bicyclic) bond motifs is 1. The molecule has 0 saturated heterocycles. The highest BCUT2D eigenvalue weighted by Gasteiger charge is 2.38. The number of carboxylic acids is 1. The number of carbonyl (C=O) groups is 2. The average molecular weight is 266 g/mol.